The van der Waals surface area contributed by atoms with Gasteiger partial charge in [-0.1, -0.05) is 212 Å². The van der Waals surface area contributed by atoms with Gasteiger partial charge in [0.25, 0.3) is 0 Å². The largest absolute Gasteiger partial charge is 0.462 e. The Kier molecular flexibility index (Phi) is 50.1. The van der Waals surface area contributed by atoms with Crippen molar-refractivity contribution in [1.82, 2.24) is 0 Å². The molecule has 0 aliphatic heterocycles. The van der Waals surface area contributed by atoms with Crippen molar-refractivity contribution in [3.05, 3.63) is 146 Å². The van der Waals surface area contributed by atoms with Crippen LogP contribution in [0.15, 0.2) is 146 Å². The minimum atomic E-state index is -0.851. The summed E-state index contributed by atoms with van der Waals surface area (Å²) >= 11 is 0. The monoisotopic (exact) mass is 923 g/mol. The summed E-state index contributed by atoms with van der Waals surface area (Å²) in [6.45, 7) is 6.22. The molecule has 0 bridgehead atoms. The van der Waals surface area contributed by atoms with Crippen LogP contribution in [0.2, 0.25) is 0 Å². The lowest BCUT2D eigenvalue weighted by Gasteiger charge is -2.18. The predicted octanol–water partition coefficient (Wildman–Crippen LogP) is 17.6. The van der Waals surface area contributed by atoms with Gasteiger partial charge in [0.1, 0.15) is 13.2 Å². The Morgan fingerprint density at radius 1 is 0.328 bits per heavy atom. The van der Waals surface area contributed by atoms with Crippen molar-refractivity contribution in [3.63, 3.8) is 0 Å². The number of hydrogen-bond donors (Lipinski definition) is 0. The molecule has 0 aromatic rings. The van der Waals surface area contributed by atoms with E-state index in [1.165, 1.54) is 44.9 Å². The van der Waals surface area contributed by atoms with E-state index in [1.807, 2.05) is 6.08 Å². The van der Waals surface area contributed by atoms with Gasteiger partial charge >= 0.3 is 17.9 Å². The molecular weight excluding hydrogens is 829 g/mol. The first kappa shape index (κ1) is 62.3. The summed E-state index contributed by atoms with van der Waals surface area (Å²) < 4.78 is 16.6. The second kappa shape index (κ2) is 53.9. The van der Waals surface area contributed by atoms with Gasteiger partial charge in [-0.25, -0.2) is 0 Å². The van der Waals surface area contributed by atoms with Crippen LogP contribution in [0.4, 0.5) is 0 Å². The molecule has 6 nitrogen and oxygen atoms in total. The molecule has 0 N–H and O–H groups in total. The maximum atomic E-state index is 12.8. The van der Waals surface area contributed by atoms with Crippen LogP contribution in [0.3, 0.4) is 0 Å². The normalized spacial score (nSPS) is 13.3. The Labute approximate surface area is 410 Å². The van der Waals surface area contributed by atoms with Crippen molar-refractivity contribution in [2.24, 2.45) is 0 Å². The third kappa shape index (κ3) is 52.1. The van der Waals surface area contributed by atoms with E-state index in [0.717, 1.165) is 109 Å². The zero-order valence-corrected chi connectivity index (χ0v) is 42.6. The van der Waals surface area contributed by atoms with Crippen molar-refractivity contribution < 1.29 is 28.6 Å². The molecule has 0 aliphatic rings. The molecule has 0 rings (SSSR count). The van der Waals surface area contributed by atoms with Gasteiger partial charge in [-0.3, -0.25) is 14.4 Å². The fourth-order valence-corrected chi connectivity index (χ4v) is 6.46. The van der Waals surface area contributed by atoms with Crippen molar-refractivity contribution in [1.29, 1.82) is 0 Å². The second-order valence-corrected chi connectivity index (χ2v) is 16.7. The van der Waals surface area contributed by atoms with Crippen LogP contribution in [0.1, 0.15) is 201 Å². The first-order chi connectivity index (χ1) is 33.0. The summed E-state index contributed by atoms with van der Waals surface area (Å²) in [5.74, 6) is -1.15. The maximum Gasteiger partial charge on any atom is 0.309 e. The molecule has 1 atom stereocenters. The number of esters is 3. The minimum Gasteiger partial charge on any atom is -0.462 e. The summed E-state index contributed by atoms with van der Waals surface area (Å²) in [5, 5.41) is 0. The van der Waals surface area contributed by atoms with Gasteiger partial charge in [0.05, 0.1) is 6.42 Å². The van der Waals surface area contributed by atoms with E-state index in [9.17, 15) is 14.4 Å². The fraction of sp³-hybridized carbons (Fsp3) is 0.557. The number of carbonyl (C=O) groups is 3. The SMILES string of the molecule is CC/C=C\C/C=C\C/C=C\C/C=C\C/C=C\CCCC(=O)OCC(COC(=O)C/C=C\C/C=C\C/C=C\C/C=C\C/C=C\CC)OC(=O)CCCCCCCCC/C=C\C/C=C\CCCCC. The number of carbonyl (C=O) groups excluding carboxylic acids is 3. The van der Waals surface area contributed by atoms with Gasteiger partial charge in [-0.2, -0.15) is 0 Å². The van der Waals surface area contributed by atoms with Crippen LogP contribution in [0.25, 0.3) is 0 Å². The van der Waals surface area contributed by atoms with Crippen LogP contribution < -0.4 is 0 Å². The Balaban J connectivity index is 4.63. The molecule has 0 saturated heterocycles. The average molecular weight is 923 g/mol. The van der Waals surface area contributed by atoms with Crippen molar-refractivity contribution in [3.8, 4) is 0 Å². The number of unbranched alkanes of at least 4 members (excludes halogenated alkanes) is 11. The van der Waals surface area contributed by atoms with E-state index >= 15 is 0 Å². The molecule has 1 unspecified atom stereocenters. The lowest BCUT2D eigenvalue weighted by Crippen LogP contribution is -2.30. The zero-order valence-electron chi connectivity index (χ0n) is 42.6. The minimum absolute atomic E-state index is 0.108. The van der Waals surface area contributed by atoms with E-state index in [1.54, 1.807) is 6.08 Å². The Hall–Kier alpha value is -4.71. The molecule has 0 aromatic heterocycles. The number of hydrogen-bond acceptors (Lipinski definition) is 6. The van der Waals surface area contributed by atoms with Crippen molar-refractivity contribution in [2.75, 3.05) is 13.2 Å². The number of allylic oxidation sites excluding steroid dienone is 23. The maximum absolute atomic E-state index is 12.8. The van der Waals surface area contributed by atoms with Crippen LogP contribution >= 0.6 is 0 Å². The summed E-state index contributed by atoms with van der Waals surface area (Å²) in [6.07, 6.45) is 77.2. The van der Waals surface area contributed by atoms with Crippen LogP contribution in [-0.4, -0.2) is 37.2 Å². The first-order valence-corrected chi connectivity index (χ1v) is 26.3. The van der Waals surface area contributed by atoms with E-state index in [-0.39, 0.29) is 44.4 Å². The van der Waals surface area contributed by atoms with Crippen LogP contribution in [0.5, 0.6) is 0 Å². The summed E-state index contributed by atoms with van der Waals surface area (Å²) in [6, 6.07) is 0. The van der Waals surface area contributed by atoms with Gasteiger partial charge in [0, 0.05) is 12.8 Å². The third-order valence-corrected chi connectivity index (χ3v) is 10.3. The van der Waals surface area contributed by atoms with Crippen LogP contribution in [0, 0.1) is 0 Å². The predicted molar refractivity (Wildman–Crippen MR) is 288 cm³/mol. The van der Waals surface area contributed by atoms with Crippen molar-refractivity contribution in [2.45, 2.75) is 207 Å². The smallest absolute Gasteiger partial charge is 0.309 e. The third-order valence-electron chi connectivity index (χ3n) is 10.3. The van der Waals surface area contributed by atoms with E-state index in [4.69, 9.17) is 14.2 Å². The highest BCUT2D eigenvalue weighted by molar-refractivity contribution is 5.72. The average Bonchev–Trinajstić information content (AvgIpc) is 3.33. The molecule has 0 fully saturated rings. The quantitative estimate of drug-likeness (QED) is 0.0262. The molecule has 0 aliphatic carbocycles. The number of rotatable bonds is 45. The van der Waals surface area contributed by atoms with E-state index in [0.29, 0.717) is 6.42 Å². The van der Waals surface area contributed by atoms with Gasteiger partial charge in [0.2, 0.25) is 0 Å². The highest BCUT2D eigenvalue weighted by atomic mass is 16.6. The Bertz CT molecular complexity index is 1530. The lowest BCUT2D eigenvalue weighted by molar-refractivity contribution is -0.166. The molecule has 0 heterocycles. The molecular formula is C61H94O6. The molecule has 6 heteroatoms. The highest BCUT2D eigenvalue weighted by Gasteiger charge is 2.19. The molecule has 374 valence electrons. The topological polar surface area (TPSA) is 78.9 Å². The summed E-state index contributed by atoms with van der Waals surface area (Å²) in [7, 11) is 0. The second-order valence-electron chi connectivity index (χ2n) is 16.7. The van der Waals surface area contributed by atoms with Gasteiger partial charge in [-0.05, 0) is 116 Å². The lowest BCUT2D eigenvalue weighted by atomic mass is 10.1. The molecule has 0 amide bonds. The van der Waals surface area contributed by atoms with E-state index < -0.39 is 12.1 Å². The zero-order chi connectivity index (χ0) is 48.6. The summed E-state index contributed by atoms with van der Waals surface area (Å²) in [5.41, 5.74) is 0. The Morgan fingerprint density at radius 3 is 1.09 bits per heavy atom. The van der Waals surface area contributed by atoms with Gasteiger partial charge < -0.3 is 14.2 Å². The molecule has 67 heavy (non-hydrogen) atoms. The molecule has 0 spiro atoms. The van der Waals surface area contributed by atoms with Gasteiger partial charge in [-0.15, -0.1) is 0 Å². The number of ether oxygens (including phenoxy) is 3. The fourth-order valence-electron chi connectivity index (χ4n) is 6.46. The summed E-state index contributed by atoms with van der Waals surface area (Å²) in [4.78, 5) is 38.0. The van der Waals surface area contributed by atoms with Crippen molar-refractivity contribution >= 4 is 17.9 Å². The van der Waals surface area contributed by atoms with Crippen LogP contribution in [-0.2, 0) is 28.6 Å². The Morgan fingerprint density at radius 2 is 0.657 bits per heavy atom. The standard InChI is InChI=1S/C61H94O6/c1-4-7-10-13-16-19-22-25-28-30-33-36-39-42-45-48-51-54-60(63)66-57-58(56-65-59(62)53-50-47-44-41-38-35-32-27-24-21-18-15-12-9-6-3)67-61(64)55-52-49-46-43-40-37-34-31-29-26-23-20-17-14-11-8-5-2/h7,9-10,12,16-21,25-29,32-33,36,38,41-42,45,47,50,58H,4-6,8,11,13-15,22-24,30-31,34-35,37,39-40,43-44,46,48-49,51-57H2,1-3H3/b10-7-,12-9-,19-16-,20-17-,21-18-,28-25-,29-26-,32-27-,36-33-,41-38-,45-42-,50-47-. The molecule has 0 radical (unpaired) electrons. The molecule has 0 saturated carbocycles. The first-order valence-electron chi connectivity index (χ1n) is 26.3. The van der Waals surface area contributed by atoms with E-state index in [2.05, 4.69) is 154 Å². The molecule has 0 aromatic carbocycles. The highest BCUT2D eigenvalue weighted by Crippen LogP contribution is 2.12. The van der Waals surface area contributed by atoms with Gasteiger partial charge in [0.15, 0.2) is 6.10 Å².